The fraction of sp³-hybridized carbons (Fsp3) is 0.412. The van der Waals surface area contributed by atoms with Crippen LogP contribution in [0.1, 0.15) is 12.6 Å². The number of carbonyl (C=O) groups excluding carboxylic acids is 4. The third-order valence-electron chi connectivity index (χ3n) is 4.32. The minimum atomic E-state index is -1.58. The number of amides is 2. The quantitative estimate of drug-likeness (QED) is 0.0719. The van der Waals surface area contributed by atoms with Gasteiger partial charge in [-0.2, -0.15) is 0 Å². The number of anilines is 1. The van der Waals surface area contributed by atoms with Crippen molar-refractivity contribution in [2.24, 2.45) is 10.9 Å². The van der Waals surface area contributed by atoms with Crippen molar-refractivity contribution in [3.8, 4) is 0 Å². The molecular formula is C17H19N6NaO7S2. The summed E-state index contributed by atoms with van der Waals surface area (Å²) in [6, 6.07) is -1.02. The number of rotatable bonds is 9. The Bertz CT molecular complexity index is 1010. The number of hydrogen-bond acceptors (Lipinski definition) is 13. The standard InChI is InChI=1S/C17H20N6O7S2.Na/c1-7(24)29-4-8-5-31-15-11(14(26)23(15)12(8)16(27)28)21-13(25)10(22-30-3-2-18)9-6-32-17(19)20-9;/h6,11,15H,2-5,18H2,1H3,(H2,19,20)(H,21,25)(H,27,28);/q;+1/p-1/t11?,15-;/m1./s1. The molecule has 2 amide bonds. The van der Waals surface area contributed by atoms with Gasteiger partial charge < -0.3 is 36.3 Å². The number of esters is 1. The van der Waals surface area contributed by atoms with Crippen LogP contribution in [0.3, 0.4) is 0 Å². The number of nitrogens with zero attached hydrogens (tertiary/aromatic N) is 3. The van der Waals surface area contributed by atoms with E-state index in [0.717, 1.165) is 16.2 Å². The molecule has 0 bridgehead atoms. The topological polar surface area (TPSA) is 202 Å². The number of aromatic nitrogens is 1. The van der Waals surface area contributed by atoms with Gasteiger partial charge in [-0.05, 0) is 0 Å². The van der Waals surface area contributed by atoms with Crippen LogP contribution in [0.15, 0.2) is 21.8 Å². The molecule has 3 rings (SSSR count). The molecule has 1 saturated heterocycles. The van der Waals surface area contributed by atoms with Gasteiger partial charge in [0.15, 0.2) is 10.8 Å². The Morgan fingerprint density at radius 1 is 1.42 bits per heavy atom. The molecule has 0 saturated carbocycles. The third kappa shape index (κ3) is 6.04. The van der Waals surface area contributed by atoms with E-state index in [9.17, 15) is 24.3 Å². The number of nitrogen functional groups attached to an aromatic ring is 1. The first-order valence-corrected chi connectivity index (χ1v) is 11.1. The Morgan fingerprint density at radius 3 is 2.73 bits per heavy atom. The molecule has 16 heteroatoms. The maximum atomic E-state index is 12.8. The van der Waals surface area contributed by atoms with Gasteiger partial charge in [-0.25, -0.2) is 4.98 Å². The number of nitrogens with one attached hydrogen (secondary N) is 1. The molecule has 3 heterocycles. The van der Waals surface area contributed by atoms with Crippen LogP contribution < -0.4 is 51.4 Å². The molecule has 1 unspecified atom stereocenters. The molecule has 0 radical (unpaired) electrons. The molecule has 33 heavy (non-hydrogen) atoms. The number of aliphatic carboxylic acids is 1. The van der Waals surface area contributed by atoms with E-state index in [-0.39, 0.29) is 82.9 Å². The number of ether oxygens (including phenoxy) is 1. The van der Waals surface area contributed by atoms with Gasteiger partial charge in [0, 0.05) is 30.2 Å². The zero-order chi connectivity index (χ0) is 23.4. The number of carboxylic acid groups (broad SMARTS) is 1. The number of carbonyl (C=O) groups is 4. The van der Waals surface area contributed by atoms with Gasteiger partial charge >= 0.3 is 35.5 Å². The van der Waals surface area contributed by atoms with Gasteiger partial charge in [-0.15, -0.1) is 23.1 Å². The number of β-lactam (4-membered cyclic amide) rings is 1. The molecular weight excluding hydrogens is 487 g/mol. The molecule has 13 nitrogen and oxygen atoms in total. The average Bonchev–Trinajstić information content (AvgIpc) is 3.18. The Hall–Kier alpha value is -2.17. The summed E-state index contributed by atoms with van der Waals surface area (Å²) < 4.78 is 4.86. The summed E-state index contributed by atoms with van der Waals surface area (Å²) in [6.45, 7) is 1.13. The van der Waals surface area contributed by atoms with Gasteiger partial charge in [0.25, 0.3) is 11.8 Å². The van der Waals surface area contributed by atoms with Crippen LogP contribution in [0, 0.1) is 0 Å². The predicted molar refractivity (Wildman–Crippen MR) is 112 cm³/mol. The summed E-state index contributed by atoms with van der Waals surface area (Å²) in [5, 5.41) is 19.0. The van der Waals surface area contributed by atoms with Crippen molar-refractivity contribution in [2.75, 3.05) is 31.2 Å². The summed E-state index contributed by atoms with van der Waals surface area (Å²) in [4.78, 5) is 58.2. The van der Waals surface area contributed by atoms with Crippen LogP contribution in [0.25, 0.3) is 0 Å². The average molecular weight is 506 g/mol. The number of carboxylic acids is 1. The van der Waals surface area contributed by atoms with Crippen molar-refractivity contribution in [3.05, 3.63) is 22.3 Å². The van der Waals surface area contributed by atoms with Gasteiger partial charge in [0.05, 0.1) is 11.7 Å². The summed E-state index contributed by atoms with van der Waals surface area (Å²) in [5.41, 5.74) is 10.8. The van der Waals surface area contributed by atoms with E-state index >= 15 is 0 Å². The van der Waals surface area contributed by atoms with E-state index in [1.807, 2.05) is 0 Å². The first-order valence-electron chi connectivity index (χ1n) is 9.18. The van der Waals surface area contributed by atoms with Crippen molar-refractivity contribution in [1.82, 2.24) is 15.2 Å². The van der Waals surface area contributed by atoms with Crippen LogP contribution in [0.2, 0.25) is 0 Å². The maximum absolute atomic E-state index is 12.8. The van der Waals surface area contributed by atoms with Crippen molar-refractivity contribution >= 4 is 57.7 Å². The van der Waals surface area contributed by atoms with Crippen LogP contribution in [0.5, 0.6) is 0 Å². The Labute approximate surface area is 218 Å². The van der Waals surface area contributed by atoms with E-state index in [0.29, 0.717) is 0 Å². The second-order valence-corrected chi connectivity index (χ2v) is 8.51. The molecule has 2 aliphatic heterocycles. The van der Waals surface area contributed by atoms with Gasteiger partial charge in [0.1, 0.15) is 30.3 Å². The van der Waals surface area contributed by atoms with Crippen LogP contribution in [-0.2, 0) is 28.8 Å². The number of hydrogen-bond donors (Lipinski definition) is 3. The normalized spacial score (nSPS) is 19.8. The fourth-order valence-electron chi connectivity index (χ4n) is 2.94. The molecule has 0 aromatic carbocycles. The van der Waals surface area contributed by atoms with Crippen molar-refractivity contribution in [3.63, 3.8) is 0 Å². The smallest absolute Gasteiger partial charge is 0.543 e. The van der Waals surface area contributed by atoms with Crippen LogP contribution in [0.4, 0.5) is 5.13 Å². The number of nitrogens with two attached hydrogens (primary N) is 2. The summed E-state index contributed by atoms with van der Waals surface area (Å²) in [7, 11) is 0. The Morgan fingerprint density at radius 2 is 2.15 bits per heavy atom. The molecule has 1 aromatic heterocycles. The SMILES string of the molecule is CC(=O)OCC1=C(C(=O)[O-])N2C(=O)C(NC(=O)C(=NOCCN)c3csc(N)n3)[C@H]2SC1.[Na+]. The monoisotopic (exact) mass is 506 g/mol. The first kappa shape index (κ1) is 27.1. The predicted octanol–water partition coefficient (Wildman–Crippen LogP) is -5.62. The molecule has 1 fully saturated rings. The minimum Gasteiger partial charge on any atom is -0.543 e. The van der Waals surface area contributed by atoms with Crippen molar-refractivity contribution in [2.45, 2.75) is 18.3 Å². The maximum Gasteiger partial charge on any atom is 1.00 e. The Kier molecular flexibility index (Phi) is 9.69. The molecule has 0 aliphatic carbocycles. The molecule has 0 spiro atoms. The summed E-state index contributed by atoms with van der Waals surface area (Å²) in [6.07, 6.45) is 0. The van der Waals surface area contributed by atoms with E-state index < -0.39 is 35.2 Å². The van der Waals surface area contributed by atoms with Gasteiger partial charge in [0.2, 0.25) is 0 Å². The van der Waals surface area contributed by atoms with Crippen LogP contribution in [-0.4, -0.2) is 76.3 Å². The number of thiazole rings is 1. The minimum absolute atomic E-state index is 0. The van der Waals surface area contributed by atoms with E-state index in [1.165, 1.54) is 24.1 Å². The van der Waals surface area contributed by atoms with Crippen molar-refractivity contribution in [1.29, 1.82) is 0 Å². The molecule has 5 N–H and O–H groups in total. The fourth-order valence-corrected chi connectivity index (χ4v) is 4.82. The van der Waals surface area contributed by atoms with E-state index in [4.69, 9.17) is 21.0 Å². The molecule has 2 aliphatic rings. The molecule has 172 valence electrons. The third-order valence-corrected chi connectivity index (χ3v) is 6.33. The number of thioether (sulfide) groups is 1. The Balaban J connectivity index is 0.00000385. The molecule has 1 aromatic rings. The number of oxime groups is 1. The molecule has 2 atom stereocenters. The second kappa shape index (κ2) is 11.8. The zero-order valence-corrected chi connectivity index (χ0v) is 21.4. The number of fused-ring (bicyclic) bond motifs is 1. The second-order valence-electron chi connectivity index (χ2n) is 6.51. The van der Waals surface area contributed by atoms with E-state index in [1.54, 1.807) is 0 Å². The summed E-state index contributed by atoms with van der Waals surface area (Å²) in [5.74, 6) is -3.41. The summed E-state index contributed by atoms with van der Waals surface area (Å²) >= 11 is 2.30. The first-order chi connectivity index (χ1) is 15.2. The van der Waals surface area contributed by atoms with Gasteiger partial charge in [-0.1, -0.05) is 5.16 Å². The van der Waals surface area contributed by atoms with Crippen LogP contribution >= 0.6 is 23.1 Å². The zero-order valence-electron chi connectivity index (χ0n) is 17.7. The van der Waals surface area contributed by atoms with E-state index in [2.05, 4.69) is 15.5 Å². The van der Waals surface area contributed by atoms with Gasteiger partial charge in [-0.3, -0.25) is 19.3 Å². The van der Waals surface area contributed by atoms with Crippen molar-refractivity contribution < 1.29 is 63.4 Å². The largest absolute Gasteiger partial charge is 1.00 e.